The number of nitrogens with zero attached hydrogens (tertiary/aromatic N) is 1. The maximum absolute atomic E-state index is 13.9. The molecule has 9 heteroatoms. The molecular weight excluding hydrogens is 640 g/mol. The number of methoxy groups -OCH3 is 2. The van der Waals surface area contributed by atoms with Crippen LogP contribution in [0.25, 0.3) is 0 Å². The van der Waals surface area contributed by atoms with Crippen LogP contribution < -0.4 is 10.1 Å². The molecule has 4 fully saturated rings. The minimum atomic E-state index is -1.96. The molecule has 2 bridgehead atoms. The lowest BCUT2D eigenvalue weighted by molar-refractivity contribution is -0.159. The van der Waals surface area contributed by atoms with Gasteiger partial charge in [-0.3, -0.25) is 9.59 Å². The van der Waals surface area contributed by atoms with Gasteiger partial charge in [0, 0.05) is 18.1 Å². The molecule has 1 aliphatic carbocycles. The molecule has 264 valence electrons. The van der Waals surface area contributed by atoms with Crippen LogP contribution in [0.15, 0.2) is 36.4 Å². The third-order valence-electron chi connectivity index (χ3n) is 12.3. The molecule has 0 aromatic heterocycles. The summed E-state index contributed by atoms with van der Waals surface area (Å²) in [5.74, 6) is 0.767. The molecule has 0 spiro atoms. The van der Waals surface area contributed by atoms with E-state index in [1.54, 1.807) is 20.3 Å². The zero-order valence-electron chi connectivity index (χ0n) is 30.3. The minimum Gasteiger partial charge on any atom is -0.496 e. The highest BCUT2D eigenvalue weighted by Gasteiger charge is 2.58. The first-order chi connectivity index (χ1) is 22.7. The van der Waals surface area contributed by atoms with Crippen molar-refractivity contribution >= 4 is 37.5 Å². The summed E-state index contributed by atoms with van der Waals surface area (Å²) in [6, 6.07) is 12.2. The minimum absolute atomic E-state index is 0.0732. The number of piperidine rings is 3. The first kappa shape index (κ1) is 36.9. The molecule has 3 saturated heterocycles. The molecule has 48 heavy (non-hydrogen) atoms. The second kappa shape index (κ2) is 14.8. The molecule has 1 saturated carbocycles. The van der Waals surface area contributed by atoms with Crippen molar-refractivity contribution in [2.75, 3.05) is 39.2 Å². The van der Waals surface area contributed by atoms with Gasteiger partial charge in [-0.05, 0) is 111 Å². The molecule has 6 rings (SSSR count). The van der Waals surface area contributed by atoms with Crippen LogP contribution >= 0.6 is 11.6 Å². The monoisotopic (exact) mass is 696 g/mol. The average Bonchev–Trinajstić information content (AvgIpc) is 3.08. The average molecular weight is 697 g/mol. The summed E-state index contributed by atoms with van der Waals surface area (Å²) in [5, 5.41) is 3.55. The predicted molar refractivity (Wildman–Crippen MR) is 196 cm³/mol. The van der Waals surface area contributed by atoms with Crippen LogP contribution in [0.5, 0.6) is 5.75 Å². The molecule has 4 aliphatic rings. The van der Waals surface area contributed by atoms with Crippen molar-refractivity contribution in [3.05, 3.63) is 58.1 Å². The maximum Gasteiger partial charge on any atom is 0.316 e. The van der Waals surface area contributed by atoms with Crippen LogP contribution in [0.4, 0.5) is 5.69 Å². The Morgan fingerprint density at radius 3 is 2.38 bits per heavy atom. The van der Waals surface area contributed by atoms with E-state index in [0.29, 0.717) is 41.8 Å². The molecule has 2 aromatic carbocycles. The largest absolute Gasteiger partial charge is 0.496 e. The number of anilines is 1. The van der Waals surface area contributed by atoms with E-state index in [2.05, 4.69) is 68.3 Å². The number of ether oxygens (including phenoxy) is 2. The molecule has 2 atom stereocenters. The van der Waals surface area contributed by atoms with Crippen LogP contribution in [0, 0.1) is 11.3 Å². The van der Waals surface area contributed by atoms with Gasteiger partial charge in [-0.1, -0.05) is 69.5 Å². The zero-order valence-corrected chi connectivity index (χ0v) is 32.1. The standard InChI is InChI=1S/C39H57ClN2O5Si/c1-37(2,3)48(6,7)47-27-29-25-31(40)32(26-33(29)45-4)41-35(43)16-11-13-28-12-10-14-30(24-28)39(36(44)46-5)17-9-8-15-34(39)38-18-21-42(22-19-38)23-20-38/h10,12,14,24-26,34H,8-9,11,13,15-23,27H2,1-7H3,(H,41,43). The summed E-state index contributed by atoms with van der Waals surface area (Å²) in [7, 11) is 1.22. The fourth-order valence-corrected chi connectivity index (χ4v) is 9.59. The Hall–Kier alpha value is -2.39. The van der Waals surface area contributed by atoms with Gasteiger partial charge in [-0.2, -0.15) is 0 Å². The quantitative estimate of drug-likeness (QED) is 0.176. The molecule has 1 amide bonds. The SMILES string of the molecule is COC(=O)C1(c2cccc(CCCC(=O)Nc3cc(OC)c(CO[Si](C)(C)C(C)(C)C)cc3Cl)c2)CCCCC1C12CCN(CC1)CC2. The lowest BCUT2D eigenvalue weighted by Gasteiger charge is -2.58. The van der Waals surface area contributed by atoms with E-state index in [9.17, 15) is 9.59 Å². The predicted octanol–water partition coefficient (Wildman–Crippen LogP) is 8.92. The number of nitrogens with one attached hydrogen (secondary N) is 1. The van der Waals surface area contributed by atoms with E-state index < -0.39 is 13.7 Å². The van der Waals surface area contributed by atoms with Crippen molar-refractivity contribution in [1.29, 1.82) is 0 Å². The van der Waals surface area contributed by atoms with Crippen molar-refractivity contribution < 1.29 is 23.5 Å². The van der Waals surface area contributed by atoms with Gasteiger partial charge in [0.15, 0.2) is 8.32 Å². The number of aryl methyl sites for hydroxylation is 1. The van der Waals surface area contributed by atoms with Crippen molar-refractivity contribution in [3.63, 3.8) is 0 Å². The highest BCUT2D eigenvalue weighted by Crippen LogP contribution is 2.58. The van der Waals surface area contributed by atoms with Gasteiger partial charge in [-0.25, -0.2) is 0 Å². The number of carbonyl (C=O) groups excluding carboxylic acids is 2. The Morgan fingerprint density at radius 1 is 1.02 bits per heavy atom. The van der Waals surface area contributed by atoms with Crippen molar-refractivity contribution in [3.8, 4) is 5.75 Å². The Kier molecular flexibility index (Phi) is 11.4. The second-order valence-electron chi connectivity index (χ2n) is 16.0. The molecular formula is C39H57ClN2O5Si. The molecule has 3 heterocycles. The van der Waals surface area contributed by atoms with Gasteiger partial charge >= 0.3 is 5.97 Å². The van der Waals surface area contributed by atoms with E-state index in [0.717, 1.165) is 62.0 Å². The Bertz CT molecular complexity index is 1450. The normalized spacial score (nSPS) is 25.8. The van der Waals surface area contributed by atoms with Crippen LogP contribution in [-0.2, 0) is 37.2 Å². The number of benzene rings is 2. The highest BCUT2D eigenvalue weighted by molar-refractivity contribution is 6.74. The number of hydrogen-bond donors (Lipinski definition) is 1. The summed E-state index contributed by atoms with van der Waals surface area (Å²) in [6.45, 7) is 14.9. The fraction of sp³-hybridized carbons (Fsp3) is 0.641. The Labute approximate surface area is 294 Å². The summed E-state index contributed by atoms with van der Waals surface area (Å²) >= 11 is 6.65. The van der Waals surface area contributed by atoms with E-state index in [4.69, 9.17) is 25.5 Å². The number of amides is 1. The number of rotatable bonds is 12. The van der Waals surface area contributed by atoms with Gasteiger partial charge in [-0.15, -0.1) is 0 Å². The van der Waals surface area contributed by atoms with Gasteiger partial charge in [0.2, 0.25) is 5.91 Å². The van der Waals surface area contributed by atoms with Gasteiger partial charge in [0.05, 0.1) is 37.0 Å². The number of esters is 1. The zero-order chi connectivity index (χ0) is 34.7. The van der Waals surface area contributed by atoms with E-state index in [-0.39, 0.29) is 22.3 Å². The summed E-state index contributed by atoms with van der Waals surface area (Å²) < 4.78 is 17.7. The van der Waals surface area contributed by atoms with E-state index >= 15 is 0 Å². The fourth-order valence-electron chi connectivity index (χ4n) is 8.41. The van der Waals surface area contributed by atoms with Crippen molar-refractivity contribution in [2.24, 2.45) is 11.3 Å². The van der Waals surface area contributed by atoms with Gasteiger partial charge in [0.25, 0.3) is 0 Å². The smallest absolute Gasteiger partial charge is 0.316 e. The molecule has 3 aliphatic heterocycles. The number of halogens is 1. The summed E-state index contributed by atoms with van der Waals surface area (Å²) in [6.07, 6.45) is 9.43. The van der Waals surface area contributed by atoms with Crippen LogP contribution in [0.3, 0.4) is 0 Å². The van der Waals surface area contributed by atoms with Gasteiger partial charge in [0.1, 0.15) is 5.75 Å². The first-order valence-corrected chi connectivity index (χ1v) is 21.2. The molecule has 2 unspecified atom stereocenters. The molecule has 1 N–H and O–H groups in total. The third kappa shape index (κ3) is 7.52. The van der Waals surface area contributed by atoms with Crippen LogP contribution in [0.1, 0.15) is 95.2 Å². The summed E-state index contributed by atoms with van der Waals surface area (Å²) in [5.41, 5.74) is 3.24. The first-order valence-electron chi connectivity index (χ1n) is 17.9. The molecule has 7 nitrogen and oxygen atoms in total. The third-order valence-corrected chi connectivity index (χ3v) is 17.1. The second-order valence-corrected chi connectivity index (χ2v) is 21.2. The topological polar surface area (TPSA) is 77.1 Å². The van der Waals surface area contributed by atoms with Crippen LogP contribution in [-0.4, -0.2) is 58.9 Å². The lowest BCUT2D eigenvalue weighted by Crippen LogP contribution is -2.59. The highest BCUT2D eigenvalue weighted by atomic mass is 35.5. The lowest BCUT2D eigenvalue weighted by atomic mass is 9.49. The molecule has 0 radical (unpaired) electrons. The van der Waals surface area contributed by atoms with Crippen molar-refractivity contribution in [1.82, 2.24) is 4.90 Å². The Morgan fingerprint density at radius 2 is 1.73 bits per heavy atom. The van der Waals surface area contributed by atoms with E-state index in [1.165, 1.54) is 25.7 Å². The summed E-state index contributed by atoms with van der Waals surface area (Å²) in [4.78, 5) is 29.6. The maximum atomic E-state index is 13.9. The number of hydrogen-bond acceptors (Lipinski definition) is 6. The van der Waals surface area contributed by atoms with E-state index in [1.807, 2.05) is 6.07 Å². The Balaban J connectivity index is 1.25. The number of carbonyl (C=O) groups is 2. The van der Waals surface area contributed by atoms with Gasteiger partial charge < -0.3 is 24.1 Å². The number of fused-ring (bicyclic) bond motifs is 3. The van der Waals surface area contributed by atoms with Crippen molar-refractivity contribution in [2.45, 2.75) is 115 Å². The van der Waals surface area contributed by atoms with Crippen LogP contribution in [0.2, 0.25) is 23.2 Å². The molecule has 2 aromatic rings.